The number of allylic oxidation sites excluding steroid dienone is 1. The molecule has 0 aliphatic carbocycles. The minimum Gasteiger partial charge on any atom is -0.488 e. The van der Waals surface area contributed by atoms with Crippen LogP contribution in [0.1, 0.15) is 51.2 Å². The van der Waals surface area contributed by atoms with E-state index in [0.29, 0.717) is 12.2 Å². The number of hydrazine groups is 1. The molecule has 5 heteroatoms. The zero-order chi connectivity index (χ0) is 18.1. The van der Waals surface area contributed by atoms with Crippen LogP contribution in [-0.4, -0.2) is 16.9 Å². The Hall–Kier alpha value is -2.30. The standard InChI is InChI=1S/C20H28N3O2/c1-6-16(7-2)25-19-12-21-22(18-9-8-13(3)10-14(18)4)20-17(19)11-15(5)23(20)24/h8-10,12,15-16,21H,6-7,11H2,1-5H3/q+1. The van der Waals surface area contributed by atoms with Gasteiger partial charge < -0.3 is 4.74 Å². The van der Waals surface area contributed by atoms with Gasteiger partial charge in [-0.25, -0.2) is 5.43 Å². The maximum atomic E-state index is 12.8. The summed E-state index contributed by atoms with van der Waals surface area (Å²) in [6.45, 7) is 10.3. The highest BCUT2D eigenvalue weighted by Crippen LogP contribution is 2.38. The Bertz CT molecular complexity index is 747. The number of nitrogens with zero attached hydrogens (tertiary/aromatic N) is 2. The molecule has 1 aromatic rings. The SMILES string of the molecule is CCC(CC)OC1=CNN(c2ccc(C)cc2C)C2=C1CC(C)[N+]2=O. The molecule has 0 spiro atoms. The van der Waals surface area contributed by atoms with Gasteiger partial charge >= 0.3 is 5.82 Å². The Kier molecular flexibility index (Phi) is 4.84. The summed E-state index contributed by atoms with van der Waals surface area (Å²) in [5, 5.41) is 1.89. The summed E-state index contributed by atoms with van der Waals surface area (Å²) in [6, 6.07) is 6.16. The molecule has 1 aromatic carbocycles. The van der Waals surface area contributed by atoms with Crippen molar-refractivity contribution in [1.29, 1.82) is 0 Å². The number of nitroso groups, excluding NO2 is 1. The smallest absolute Gasteiger partial charge is 0.351 e. The maximum absolute atomic E-state index is 12.8. The molecule has 1 unspecified atom stereocenters. The van der Waals surface area contributed by atoms with Gasteiger partial charge in [-0.2, -0.15) is 0 Å². The van der Waals surface area contributed by atoms with E-state index in [1.807, 2.05) is 18.1 Å². The van der Waals surface area contributed by atoms with Gasteiger partial charge in [0.2, 0.25) is 0 Å². The van der Waals surface area contributed by atoms with E-state index in [2.05, 4.69) is 51.3 Å². The molecule has 0 saturated heterocycles. The fraction of sp³-hybridized carbons (Fsp3) is 0.500. The average Bonchev–Trinajstić information content (AvgIpc) is 2.89. The minimum absolute atomic E-state index is 0.0909. The van der Waals surface area contributed by atoms with Gasteiger partial charge in [0, 0.05) is 6.42 Å². The molecule has 0 amide bonds. The topological polar surface area (TPSA) is 44.6 Å². The lowest BCUT2D eigenvalue weighted by Crippen LogP contribution is -2.41. The van der Waals surface area contributed by atoms with Crippen LogP contribution >= 0.6 is 0 Å². The number of aryl methyl sites for hydroxylation is 2. The van der Waals surface area contributed by atoms with Crippen LogP contribution in [0.2, 0.25) is 0 Å². The zero-order valence-corrected chi connectivity index (χ0v) is 15.8. The van der Waals surface area contributed by atoms with Gasteiger partial charge in [-0.1, -0.05) is 36.5 Å². The minimum atomic E-state index is -0.0909. The van der Waals surface area contributed by atoms with Crippen molar-refractivity contribution in [3.05, 3.63) is 57.6 Å². The summed E-state index contributed by atoms with van der Waals surface area (Å²) >= 11 is 0. The first kappa shape index (κ1) is 17.5. The molecular formula is C20H28N3O2+. The first-order valence-corrected chi connectivity index (χ1v) is 9.16. The van der Waals surface area contributed by atoms with Crippen LogP contribution in [0.5, 0.6) is 0 Å². The van der Waals surface area contributed by atoms with E-state index in [1.54, 1.807) is 0 Å². The van der Waals surface area contributed by atoms with E-state index in [9.17, 15) is 4.91 Å². The fourth-order valence-corrected chi connectivity index (χ4v) is 3.51. The first-order chi connectivity index (χ1) is 12.0. The van der Waals surface area contributed by atoms with E-state index in [4.69, 9.17) is 4.74 Å². The van der Waals surface area contributed by atoms with E-state index in [1.165, 1.54) is 5.56 Å². The van der Waals surface area contributed by atoms with Crippen LogP contribution in [0, 0.1) is 18.8 Å². The number of hydrogen-bond donors (Lipinski definition) is 1. The molecule has 25 heavy (non-hydrogen) atoms. The van der Waals surface area contributed by atoms with Gasteiger partial charge in [0.05, 0.1) is 17.9 Å². The van der Waals surface area contributed by atoms with Gasteiger partial charge in [-0.3, -0.25) is 0 Å². The molecule has 134 valence electrons. The van der Waals surface area contributed by atoms with Crippen molar-refractivity contribution >= 4 is 5.69 Å². The number of anilines is 1. The lowest BCUT2D eigenvalue weighted by Gasteiger charge is -2.25. The van der Waals surface area contributed by atoms with E-state index in [-0.39, 0.29) is 12.1 Å². The Labute approximate surface area is 149 Å². The molecule has 0 aromatic heterocycles. The second-order valence-electron chi connectivity index (χ2n) is 7.00. The second kappa shape index (κ2) is 6.90. The summed E-state index contributed by atoms with van der Waals surface area (Å²) in [7, 11) is 0. The zero-order valence-electron chi connectivity index (χ0n) is 15.8. The summed E-state index contributed by atoms with van der Waals surface area (Å²) in [6.07, 6.45) is 4.67. The normalized spacial score (nSPS) is 19.9. The van der Waals surface area contributed by atoms with Crippen molar-refractivity contribution in [2.24, 2.45) is 0 Å². The van der Waals surface area contributed by atoms with Crippen LogP contribution in [0.4, 0.5) is 5.69 Å². The lowest BCUT2D eigenvalue weighted by molar-refractivity contribution is -0.526. The number of hydrogen-bond acceptors (Lipinski definition) is 4. The Morgan fingerprint density at radius 3 is 2.68 bits per heavy atom. The van der Waals surface area contributed by atoms with Crippen LogP contribution in [0.3, 0.4) is 0 Å². The quantitative estimate of drug-likeness (QED) is 0.803. The van der Waals surface area contributed by atoms with Crippen molar-refractivity contribution in [3.63, 3.8) is 0 Å². The van der Waals surface area contributed by atoms with Crippen LogP contribution < -0.4 is 10.4 Å². The number of ether oxygens (including phenoxy) is 1. The van der Waals surface area contributed by atoms with Crippen molar-refractivity contribution < 1.29 is 9.50 Å². The fourth-order valence-electron chi connectivity index (χ4n) is 3.51. The second-order valence-corrected chi connectivity index (χ2v) is 7.00. The molecule has 0 saturated carbocycles. The molecule has 0 fully saturated rings. The van der Waals surface area contributed by atoms with Crippen molar-refractivity contribution in [3.8, 4) is 0 Å². The summed E-state index contributed by atoms with van der Waals surface area (Å²) in [5.74, 6) is 1.46. The van der Waals surface area contributed by atoms with Crippen LogP contribution in [-0.2, 0) is 4.74 Å². The average molecular weight is 342 g/mol. The lowest BCUT2D eigenvalue weighted by atomic mass is 10.1. The third kappa shape index (κ3) is 3.15. The van der Waals surface area contributed by atoms with Gasteiger partial charge in [0.25, 0.3) is 0 Å². The first-order valence-electron chi connectivity index (χ1n) is 9.16. The van der Waals surface area contributed by atoms with Gasteiger partial charge in [0.1, 0.15) is 6.04 Å². The van der Waals surface area contributed by atoms with Gasteiger partial charge in [0.15, 0.2) is 11.4 Å². The van der Waals surface area contributed by atoms with Crippen molar-refractivity contribution in [2.75, 3.05) is 5.01 Å². The molecule has 1 N–H and O–H groups in total. The third-order valence-electron chi connectivity index (χ3n) is 5.01. The highest BCUT2D eigenvalue weighted by molar-refractivity contribution is 5.59. The molecule has 0 bridgehead atoms. The molecule has 2 heterocycles. The summed E-state index contributed by atoms with van der Waals surface area (Å²) < 4.78 is 7.28. The molecular weight excluding hydrogens is 314 g/mol. The maximum Gasteiger partial charge on any atom is 0.351 e. The molecule has 1 atom stereocenters. The van der Waals surface area contributed by atoms with E-state index >= 15 is 0 Å². The molecule has 2 aliphatic heterocycles. The predicted molar refractivity (Wildman–Crippen MR) is 99.8 cm³/mol. The van der Waals surface area contributed by atoms with Crippen molar-refractivity contribution in [1.82, 2.24) is 5.43 Å². The molecule has 5 nitrogen and oxygen atoms in total. The monoisotopic (exact) mass is 342 g/mol. The highest BCUT2D eigenvalue weighted by atomic mass is 16.5. The number of nitrogens with one attached hydrogen (secondary N) is 1. The third-order valence-corrected chi connectivity index (χ3v) is 5.01. The summed E-state index contributed by atoms with van der Waals surface area (Å²) in [5.41, 5.74) is 7.59. The Balaban J connectivity index is 1.99. The Morgan fingerprint density at radius 2 is 2.04 bits per heavy atom. The number of rotatable bonds is 5. The summed E-state index contributed by atoms with van der Waals surface area (Å²) in [4.78, 5) is 12.8. The van der Waals surface area contributed by atoms with Crippen LogP contribution in [0.15, 0.2) is 41.6 Å². The molecule has 0 radical (unpaired) electrons. The van der Waals surface area contributed by atoms with E-state index < -0.39 is 0 Å². The Morgan fingerprint density at radius 1 is 1.32 bits per heavy atom. The predicted octanol–water partition coefficient (Wildman–Crippen LogP) is 4.46. The molecule has 3 rings (SSSR count). The molecule has 2 aliphatic rings. The van der Waals surface area contributed by atoms with Crippen molar-refractivity contribution in [2.45, 2.75) is 66.0 Å². The largest absolute Gasteiger partial charge is 0.488 e. The van der Waals surface area contributed by atoms with Gasteiger partial charge in [-0.05, 0) is 50.0 Å². The highest BCUT2D eigenvalue weighted by Gasteiger charge is 2.45. The van der Waals surface area contributed by atoms with Crippen LogP contribution in [0.25, 0.3) is 0 Å². The van der Waals surface area contributed by atoms with Gasteiger partial charge in [-0.15, -0.1) is 5.01 Å². The van der Waals surface area contributed by atoms with E-state index in [0.717, 1.165) is 40.2 Å². The number of benzene rings is 1.